The average Bonchev–Trinajstić information content (AvgIpc) is 2.92. The van der Waals surface area contributed by atoms with Gasteiger partial charge in [0.1, 0.15) is 11.6 Å². The number of ether oxygens (including phenoxy) is 1. The number of hydrogen-bond donors (Lipinski definition) is 1. The van der Waals surface area contributed by atoms with Crippen molar-refractivity contribution in [3.63, 3.8) is 0 Å². The second-order valence-electron chi connectivity index (χ2n) is 5.45. The van der Waals surface area contributed by atoms with Crippen molar-refractivity contribution in [3.8, 4) is 11.4 Å². The minimum absolute atomic E-state index is 0.0449. The normalized spacial score (nSPS) is 12.5. The van der Waals surface area contributed by atoms with Crippen LogP contribution in [-0.4, -0.2) is 16.7 Å². The van der Waals surface area contributed by atoms with Gasteiger partial charge in [0, 0.05) is 24.2 Å². The lowest BCUT2D eigenvalue weighted by Gasteiger charge is -2.11. The summed E-state index contributed by atoms with van der Waals surface area (Å²) in [6.45, 7) is 4.11. The predicted octanol–water partition coefficient (Wildman–Crippen LogP) is 3.62. The van der Waals surface area contributed by atoms with E-state index in [0.29, 0.717) is 0 Å². The monoisotopic (exact) mass is 295 g/mol. The zero-order chi connectivity index (χ0) is 15.7. The van der Waals surface area contributed by atoms with Crippen molar-refractivity contribution in [1.82, 2.24) is 9.55 Å². The average molecular weight is 295 g/mol. The first-order chi connectivity index (χ1) is 10.6. The summed E-state index contributed by atoms with van der Waals surface area (Å²) in [5.74, 6) is 1.86. The number of fused-ring (bicyclic) bond motifs is 1. The molecular weight excluding hydrogens is 274 g/mol. The highest BCUT2D eigenvalue weighted by Gasteiger charge is 2.12. The van der Waals surface area contributed by atoms with Crippen molar-refractivity contribution in [2.75, 3.05) is 7.11 Å². The van der Waals surface area contributed by atoms with Crippen LogP contribution in [-0.2, 0) is 6.42 Å². The summed E-state index contributed by atoms with van der Waals surface area (Å²) < 4.78 is 7.48. The maximum atomic E-state index is 5.93. The summed E-state index contributed by atoms with van der Waals surface area (Å²) >= 11 is 0. The maximum absolute atomic E-state index is 5.93. The number of methoxy groups -OCH3 is 1. The number of nitrogens with zero attached hydrogens (tertiary/aromatic N) is 2. The Morgan fingerprint density at radius 3 is 2.50 bits per heavy atom. The van der Waals surface area contributed by atoms with Crippen LogP contribution < -0.4 is 10.5 Å². The molecule has 114 valence electrons. The molecule has 0 saturated heterocycles. The fourth-order valence-electron chi connectivity index (χ4n) is 2.69. The van der Waals surface area contributed by atoms with Crippen LogP contribution in [0.5, 0.6) is 5.75 Å². The van der Waals surface area contributed by atoms with Gasteiger partial charge in [0.2, 0.25) is 0 Å². The fourth-order valence-corrected chi connectivity index (χ4v) is 2.69. The molecule has 0 amide bonds. The molecule has 1 atom stereocenters. The van der Waals surface area contributed by atoms with Crippen molar-refractivity contribution in [2.24, 2.45) is 5.73 Å². The molecule has 0 aliphatic rings. The molecule has 0 saturated carbocycles. The van der Waals surface area contributed by atoms with Crippen molar-refractivity contribution < 1.29 is 4.74 Å². The third-order valence-corrected chi connectivity index (χ3v) is 3.92. The number of hydrogen-bond acceptors (Lipinski definition) is 3. The summed E-state index contributed by atoms with van der Waals surface area (Å²) in [6.07, 6.45) is 0.867. The topological polar surface area (TPSA) is 53.1 Å². The first kappa shape index (κ1) is 14.6. The number of aryl methyl sites for hydroxylation is 1. The third kappa shape index (κ3) is 2.46. The molecule has 1 heterocycles. The Kier molecular flexibility index (Phi) is 3.86. The van der Waals surface area contributed by atoms with Gasteiger partial charge in [-0.25, -0.2) is 4.98 Å². The van der Waals surface area contributed by atoms with Gasteiger partial charge in [-0.3, -0.25) is 4.57 Å². The summed E-state index contributed by atoms with van der Waals surface area (Å²) in [5, 5.41) is 0. The highest BCUT2D eigenvalue weighted by Crippen LogP contribution is 2.26. The van der Waals surface area contributed by atoms with E-state index >= 15 is 0 Å². The van der Waals surface area contributed by atoms with Crippen LogP contribution in [0.4, 0.5) is 0 Å². The molecule has 3 aromatic rings. The second-order valence-corrected chi connectivity index (χ2v) is 5.45. The van der Waals surface area contributed by atoms with Crippen molar-refractivity contribution in [1.29, 1.82) is 0 Å². The number of nitrogens with two attached hydrogens (primary N) is 1. The third-order valence-electron chi connectivity index (χ3n) is 3.92. The molecule has 2 N–H and O–H groups in total. The predicted molar refractivity (Wildman–Crippen MR) is 89.6 cm³/mol. The largest absolute Gasteiger partial charge is 0.497 e. The van der Waals surface area contributed by atoms with Gasteiger partial charge in [0.25, 0.3) is 0 Å². The Morgan fingerprint density at radius 1 is 1.18 bits per heavy atom. The van der Waals surface area contributed by atoms with E-state index in [1.165, 1.54) is 0 Å². The van der Waals surface area contributed by atoms with Gasteiger partial charge in [0.15, 0.2) is 0 Å². The van der Waals surface area contributed by atoms with Crippen molar-refractivity contribution in [2.45, 2.75) is 26.3 Å². The minimum Gasteiger partial charge on any atom is -0.497 e. The summed E-state index contributed by atoms with van der Waals surface area (Å²) in [6, 6.07) is 14.4. The van der Waals surface area contributed by atoms with E-state index in [0.717, 1.165) is 40.3 Å². The van der Waals surface area contributed by atoms with Gasteiger partial charge < -0.3 is 10.5 Å². The SMILES string of the molecule is CCc1nc2cc(OC)ccc2n1-c1ccc(C(C)N)cc1. The van der Waals surface area contributed by atoms with Crippen LogP contribution in [0.15, 0.2) is 42.5 Å². The molecule has 4 nitrogen and oxygen atoms in total. The van der Waals surface area contributed by atoms with Crippen molar-refractivity contribution in [3.05, 3.63) is 53.9 Å². The van der Waals surface area contributed by atoms with E-state index in [9.17, 15) is 0 Å². The van der Waals surface area contributed by atoms with Crippen LogP contribution in [0.25, 0.3) is 16.7 Å². The first-order valence-corrected chi connectivity index (χ1v) is 7.55. The molecule has 22 heavy (non-hydrogen) atoms. The van der Waals surface area contributed by atoms with Gasteiger partial charge in [-0.15, -0.1) is 0 Å². The zero-order valence-electron chi connectivity index (χ0n) is 13.2. The van der Waals surface area contributed by atoms with Gasteiger partial charge in [-0.1, -0.05) is 19.1 Å². The van der Waals surface area contributed by atoms with E-state index < -0.39 is 0 Å². The number of benzene rings is 2. The standard InChI is InChI=1S/C18H21N3O/c1-4-18-20-16-11-15(22-3)9-10-17(16)21(18)14-7-5-13(6-8-14)12(2)19/h5-12H,4,19H2,1-3H3. The summed E-state index contributed by atoms with van der Waals surface area (Å²) in [4.78, 5) is 4.73. The lowest BCUT2D eigenvalue weighted by molar-refractivity contribution is 0.415. The molecule has 2 aromatic carbocycles. The van der Waals surface area contributed by atoms with Crippen LogP contribution in [0.2, 0.25) is 0 Å². The van der Waals surface area contributed by atoms with E-state index in [1.54, 1.807) is 7.11 Å². The van der Waals surface area contributed by atoms with E-state index in [-0.39, 0.29) is 6.04 Å². The number of rotatable bonds is 4. The van der Waals surface area contributed by atoms with Crippen LogP contribution in [0, 0.1) is 0 Å². The molecule has 0 bridgehead atoms. The van der Waals surface area contributed by atoms with Gasteiger partial charge in [-0.05, 0) is 36.8 Å². The van der Waals surface area contributed by atoms with E-state index in [2.05, 4.69) is 41.8 Å². The quantitative estimate of drug-likeness (QED) is 0.800. The molecule has 0 radical (unpaired) electrons. The first-order valence-electron chi connectivity index (χ1n) is 7.55. The molecule has 1 aromatic heterocycles. The molecule has 4 heteroatoms. The molecule has 0 aliphatic heterocycles. The molecule has 0 fully saturated rings. The molecule has 0 aliphatic carbocycles. The second kappa shape index (κ2) is 5.81. The molecule has 0 spiro atoms. The Labute approximate surface area is 130 Å². The van der Waals surface area contributed by atoms with Crippen molar-refractivity contribution >= 4 is 11.0 Å². The Balaban J connectivity index is 2.16. The highest BCUT2D eigenvalue weighted by molar-refractivity contribution is 5.80. The summed E-state index contributed by atoms with van der Waals surface area (Å²) in [5.41, 5.74) is 10.2. The Morgan fingerprint density at radius 2 is 1.91 bits per heavy atom. The Hall–Kier alpha value is -2.33. The summed E-state index contributed by atoms with van der Waals surface area (Å²) in [7, 11) is 1.67. The maximum Gasteiger partial charge on any atom is 0.121 e. The molecular formula is C18H21N3O. The number of imidazole rings is 1. The van der Waals surface area contributed by atoms with Crippen LogP contribution in [0.1, 0.15) is 31.3 Å². The lowest BCUT2D eigenvalue weighted by atomic mass is 10.1. The highest BCUT2D eigenvalue weighted by atomic mass is 16.5. The zero-order valence-corrected chi connectivity index (χ0v) is 13.2. The van der Waals surface area contributed by atoms with Gasteiger partial charge in [0.05, 0.1) is 18.1 Å². The smallest absolute Gasteiger partial charge is 0.121 e. The fraction of sp³-hybridized carbons (Fsp3) is 0.278. The molecule has 3 rings (SSSR count). The van der Waals surface area contributed by atoms with Crippen LogP contribution in [0.3, 0.4) is 0 Å². The van der Waals surface area contributed by atoms with E-state index in [1.807, 2.05) is 19.1 Å². The lowest BCUT2D eigenvalue weighted by Crippen LogP contribution is -2.05. The van der Waals surface area contributed by atoms with Gasteiger partial charge in [-0.2, -0.15) is 0 Å². The number of aromatic nitrogens is 2. The minimum atomic E-state index is 0.0449. The van der Waals surface area contributed by atoms with E-state index in [4.69, 9.17) is 15.5 Å². The van der Waals surface area contributed by atoms with Crippen LogP contribution >= 0.6 is 0 Å². The molecule has 1 unspecified atom stereocenters. The van der Waals surface area contributed by atoms with Gasteiger partial charge >= 0.3 is 0 Å². The Bertz CT molecular complexity index is 788.